The number of nitrogens with one attached hydrogen (secondary N) is 1. The van der Waals surface area contributed by atoms with Crippen LogP contribution in [0.4, 0.5) is 10.5 Å². The van der Waals surface area contributed by atoms with E-state index in [1.165, 1.54) is 18.2 Å². The van der Waals surface area contributed by atoms with Gasteiger partial charge < -0.3 is 5.11 Å². The Morgan fingerprint density at radius 1 is 1.08 bits per heavy atom. The van der Waals surface area contributed by atoms with E-state index in [0.29, 0.717) is 15.7 Å². The summed E-state index contributed by atoms with van der Waals surface area (Å²) in [5, 5.41) is 11.7. The van der Waals surface area contributed by atoms with E-state index in [4.69, 9.17) is 23.2 Å². The van der Waals surface area contributed by atoms with Crippen molar-refractivity contribution in [2.75, 3.05) is 4.90 Å². The van der Waals surface area contributed by atoms with Crippen LogP contribution >= 0.6 is 39.1 Å². The Bertz CT molecular complexity index is 967. The number of urea groups is 1. The van der Waals surface area contributed by atoms with Crippen molar-refractivity contribution >= 4 is 68.7 Å². The Balaban J connectivity index is 2.06. The molecule has 1 heterocycles. The van der Waals surface area contributed by atoms with Gasteiger partial charge in [-0.2, -0.15) is 0 Å². The molecule has 0 bridgehead atoms. The molecule has 6 nitrogen and oxygen atoms in total. The summed E-state index contributed by atoms with van der Waals surface area (Å²) in [5.74, 6) is -1.94. The number of hydrogen-bond acceptors (Lipinski definition) is 4. The Kier molecular flexibility index (Phi) is 5.04. The molecule has 132 valence electrons. The average Bonchev–Trinajstić information content (AvgIpc) is 2.56. The van der Waals surface area contributed by atoms with Gasteiger partial charge in [-0.05, 0) is 42.0 Å². The number of anilines is 1. The maximum atomic E-state index is 12.7. The Hall–Kier alpha value is -2.35. The van der Waals surface area contributed by atoms with E-state index >= 15 is 0 Å². The third kappa shape index (κ3) is 3.46. The maximum Gasteiger partial charge on any atom is 0.335 e. The summed E-state index contributed by atoms with van der Waals surface area (Å²) in [6, 6.07) is 8.35. The molecule has 9 heteroatoms. The number of phenolic OH excluding ortho intramolecular Hbond substituents is 1. The van der Waals surface area contributed by atoms with Crippen LogP contribution in [0.15, 0.2) is 46.4 Å². The van der Waals surface area contributed by atoms with Crippen molar-refractivity contribution in [3.63, 3.8) is 0 Å². The third-order valence-corrected chi connectivity index (χ3v) is 4.59. The molecule has 0 aromatic heterocycles. The van der Waals surface area contributed by atoms with Crippen molar-refractivity contribution < 1.29 is 19.5 Å². The van der Waals surface area contributed by atoms with Crippen LogP contribution in [0.2, 0.25) is 10.0 Å². The van der Waals surface area contributed by atoms with Gasteiger partial charge in [0.15, 0.2) is 5.75 Å². The Labute approximate surface area is 166 Å². The second-order valence-electron chi connectivity index (χ2n) is 5.27. The van der Waals surface area contributed by atoms with E-state index in [1.807, 2.05) is 0 Å². The highest BCUT2D eigenvalue weighted by atomic mass is 79.9. The number of amides is 4. The van der Waals surface area contributed by atoms with Crippen LogP contribution < -0.4 is 10.2 Å². The van der Waals surface area contributed by atoms with Crippen LogP contribution in [0.5, 0.6) is 5.75 Å². The molecule has 1 fully saturated rings. The standard InChI is InChI=1S/C17H9BrCl2N2O4/c18-9-2-1-3-10(7-9)22-16(25)11(15(24)21-17(22)26)4-8-5-12(19)14(23)13(20)6-8/h1-7,23H,(H,21,24,26)/b11-4+. The zero-order valence-corrected chi connectivity index (χ0v) is 15.9. The topological polar surface area (TPSA) is 86.7 Å². The van der Waals surface area contributed by atoms with Gasteiger partial charge in [-0.1, -0.05) is 45.2 Å². The number of halogens is 3. The molecule has 0 saturated carbocycles. The van der Waals surface area contributed by atoms with Gasteiger partial charge in [-0.25, -0.2) is 9.69 Å². The molecule has 26 heavy (non-hydrogen) atoms. The number of carbonyl (C=O) groups is 3. The summed E-state index contributed by atoms with van der Waals surface area (Å²) in [7, 11) is 0. The van der Waals surface area contributed by atoms with E-state index in [2.05, 4.69) is 21.2 Å². The fourth-order valence-corrected chi connectivity index (χ4v) is 3.23. The first-order valence-corrected chi connectivity index (χ1v) is 8.68. The molecule has 4 amide bonds. The third-order valence-electron chi connectivity index (χ3n) is 3.52. The van der Waals surface area contributed by atoms with Crippen LogP contribution in [0, 0.1) is 0 Å². The smallest absolute Gasteiger partial charge is 0.335 e. The van der Waals surface area contributed by atoms with Gasteiger partial charge in [0.2, 0.25) is 0 Å². The number of carbonyl (C=O) groups excluding carboxylic acids is 3. The fourth-order valence-electron chi connectivity index (χ4n) is 2.34. The van der Waals surface area contributed by atoms with Crippen LogP contribution in [0.3, 0.4) is 0 Å². The molecule has 0 atom stereocenters. The van der Waals surface area contributed by atoms with Crippen molar-refractivity contribution in [2.45, 2.75) is 0 Å². The highest BCUT2D eigenvalue weighted by molar-refractivity contribution is 9.10. The summed E-state index contributed by atoms with van der Waals surface area (Å²) in [6.07, 6.45) is 1.24. The number of imide groups is 2. The summed E-state index contributed by atoms with van der Waals surface area (Å²) >= 11 is 15.0. The van der Waals surface area contributed by atoms with E-state index in [0.717, 1.165) is 4.90 Å². The average molecular weight is 456 g/mol. The van der Waals surface area contributed by atoms with E-state index in [-0.39, 0.29) is 21.4 Å². The Morgan fingerprint density at radius 2 is 1.73 bits per heavy atom. The molecule has 0 spiro atoms. The second-order valence-corrected chi connectivity index (χ2v) is 7.00. The van der Waals surface area contributed by atoms with Gasteiger partial charge in [0.05, 0.1) is 15.7 Å². The zero-order valence-electron chi connectivity index (χ0n) is 12.8. The highest BCUT2D eigenvalue weighted by Gasteiger charge is 2.36. The molecule has 1 saturated heterocycles. The van der Waals surface area contributed by atoms with Crippen LogP contribution in [0.25, 0.3) is 6.08 Å². The first-order chi connectivity index (χ1) is 12.3. The fraction of sp³-hybridized carbons (Fsp3) is 0. The molecule has 0 aliphatic carbocycles. The molecule has 0 radical (unpaired) electrons. The van der Waals surface area contributed by atoms with Gasteiger partial charge >= 0.3 is 6.03 Å². The number of barbiturate groups is 1. The second kappa shape index (κ2) is 7.11. The predicted molar refractivity (Wildman–Crippen MR) is 101 cm³/mol. The monoisotopic (exact) mass is 454 g/mol. The maximum absolute atomic E-state index is 12.7. The number of hydrogen-bond donors (Lipinski definition) is 2. The van der Waals surface area contributed by atoms with Gasteiger partial charge in [-0.15, -0.1) is 0 Å². The number of benzene rings is 2. The summed E-state index contributed by atoms with van der Waals surface area (Å²) in [5.41, 5.74) is 0.337. The van der Waals surface area contributed by atoms with E-state index < -0.39 is 17.8 Å². The van der Waals surface area contributed by atoms with Crippen molar-refractivity contribution in [2.24, 2.45) is 0 Å². The lowest BCUT2D eigenvalue weighted by molar-refractivity contribution is -0.122. The molecule has 1 aliphatic heterocycles. The lowest BCUT2D eigenvalue weighted by atomic mass is 10.1. The number of phenols is 1. The predicted octanol–water partition coefficient (Wildman–Crippen LogP) is 4.13. The quantitative estimate of drug-likeness (QED) is 0.526. The molecule has 2 N–H and O–H groups in total. The first kappa shape index (κ1) is 18.4. The van der Waals surface area contributed by atoms with Gasteiger partial charge in [0.1, 0.15) is 5.57 Å². The minimum absolute atomic E-state index is 0.0343. The van der Waals surface area contributed by atoms with Crippen molar-refractivity contribution in [3.05, 3.63) is 62.1 Å². The minimum atomic E-state index is -0.850. The SMILES string of the molecule is O=C1NC(=O)N(c2cccc(Br)c2)C(=O)/C1=C/c1cc(Cl)c(O)c(Cl)c1. The summed E-state index contributed by atoms with van der Waals surface area (Å²) < 4.78 is 0.662. The van der Waals surface area contributed by atoms with E-state index in [1.54, 1.807) is 24.3 Å². The van der Waals surface area contributed by atoms with E-state index in [9.17, 15) is 19.5 Å². The largest absolute Gasteiger partial charge is 0.505 e. The zero-order chi connectivity index (χ0) is 19.0. The molecule has 2 aromatic rings. The van der Waals surface area contributed by atoms with Crippen molar-refractivity contribution in [3.8, 4) is 5.75 Å². The Morgan fingerprint density at radius 3 is 2.35 bits per heavy atom. The molecule has 3 rings (SSSR count). The molecular formula is C17H9BrCl2N2O4. The van der Waals surface area contributed by atoms with Crippen LogP contribution in [0.1, 0.15) is 5.56 Å². The van der Waals surface area contributed by atoms with Gasteiger partial charge in [0, 0.05) is 4.47 Å². The lowest BCUT2D eigenvalue weighted by Gasteiger charge is -2.26. The normalized spacial score (nSPS) is 16.2. The first-order valence-electron chi connectivity index (χ1n) is 7.13. The van der Waals surface area contributed by atoms with Gasteiger partial charge in [-0.3, -0.25) is 14.9 Å². The summed E-state index contributed by atoms with van der Waals surface area (Å²) in [6.45, 7) is 0. The van der Waals surface area contributed by atoms with Crippen LogP contribution in [-0.4, -0.2) is 23.0 Å². The number of nitrogens with zero attached hydrogens (tertiary/aromatic N) is 1. The van der Waals surface area contributed by atoms with Gasteiger partial charge in [0.25, 0.3) is 11.8 Å². The number of aromatic hydroxyl groups is 1. The van der Waals surface area contributed by atoms with Crippen molar-refractivity contribution in [1.29, 1.82) is 0 Å². The molecule has 2 aromatic carbocycles. The van der Waals surface area contributed by atoms with Crippen molar-refractivity contribution in [1.82, 2.24) is 5.32 Å². The highest BCUT2D eigenvalue weighted by Crippen LogP contribution is 2.34. The molecule has 1 aliphatic rings. The lowest BCUT2D eigenvalue weighted by Crippen LogP contribution is -2.54. The molecular weight excluding hydrogens is 447 g/mol. The minimum Gasteiger partial charge on any atom is -0.505 e. The molecule has 0 unspecified atom stereocenters. The summed E-state index contributed by atoms with van der Waals surface area (Å²) in [4.78, 5) is 37.9. The van der Waals surface area contributed by atoms with Crippen LogP contribution in [-0.2, 0) is 9.59 Å². The number of rotatable bonds is 2.